The van der Waals surface area contributed by atoms with E-state index in [0.29, 0.717) is 5.92 Å². The Labute approximate surface area is 144 Å². The summed E-state index contributed by atoms with van der Waals surface area (Å²) in [6.07, 6.45) is 3.82. The number of carboxylic acids is 1. The van der Waals surface area contributed by atoms with Gasteiger partial charge < -0.3 is 9.84 Å². The second kappa shape index (κ2) is 6.28. The highest BCUT2D eigenvalue weighted by atomic mass is 32.1. The summed E-state index contributed by atoms with van der Waals surface area (Å²) in [5, 5.41) is 8.90. The molecule has 126 valence electrons. The van der Waals surface area contributed by atoms with Gasteiger partial charge >= 0.3 is 5.97 Å². The second-order valence-corrected chi connectivity index (χ2v) is 7.24. The molecule has 0 radical (unpaired) electrons. The van der Waals surface area contributed by atoms with Gasteiger partial charge in [0.2, 0.25) is 0 Å². The average Bonchev–Trinajstić information content (AvgIpc) is 3.03. The Morgan fingerprint density at radius 3 is 2.71 bits per heavy atom. The Morgan fingerprint density at radius 2 is 2.12 bits per heavy atom. The van der Waals surface area contributed by atoms with E-state index in [1.165, 1.54) is 11.3 Å². The Bertz CT molecular complexity index is 877. The van der Waals surface area contributed by atoms with Crippen LogP contribution in [0.3, 0.4) is 0 Å². The topological polar surface area (TPSA) is 63.8 Å². The standard InChI is InChI=1S/C18H20N2O3S/c1-10(2)13-7-14(11(3)5-16(13)23-4)15-9-20-8-12(6-17(21)22)24-18(20)19-15/h5,7-10H,6H2,1-4H3,(H,21,22). The maximum absolute atomic E-state index is 10.8. The first-order valence-electron chi connectivity index (χ1n) is 7.77. The van der Waals surface area contributed by atoms with E-state index in [4.69, 9.17) is 9.84 Å². The quantitative estimate of drug-likeness (QED) is 0.756. The number of fused-ring (bicyclic) bond motifs is 1. The van der Waals surface area contributed by atoms with Crippen molar-refractivity contribution >= 4 is 22.3 Å². The fourth-order valence-corrected chi connectivity index (χ4v) is 3.76. The van der Waals surface area contributed by atoms with Gasteiger partial charge in [-0.25, -0.2) is 4.98 Å². The lowest BCUT2D eigenvalue weighted by Crippen LogP contribution is -1.97. The zero-order valence-corrected chi connectivity index (χ0v) is 15.0. The van der Waals surface area contributed by atoms with Crippen molar-refractivity contribution in [3.8, 4) is 17.0 Å². The van der Waals surface area contributed by atoms with E-state index < -0.39 is 5.97 Å². The molecule has 1 aromatic carbocycles. The molecular formula is C18H20N2O3S. The Morgan fingerprint density at radius 1 is 1.38 bits per heavy atom. The lowest BCUT2D eigenvalue weighted by Gasteiger charge is -2.15. The van der Waals surface area contributed by atoms with Crippen LogP contribution in [0.15, 0.2) is 24.5 Å². The minimum atomic E-state index is -0.827. The van der Waals surface area contributed by atoms with Gasteiger partial charge in [0, 0.05) is 22.8 Å². The third-order valence-corrected chi connectivity index (χ3v) is 5.00. The number of ether oxygens (including phenoxy) is 1. The minimum absolute atomic E-state index is 0.0302. The van der Waals surface area contributed by atoms with Gasteiger partial charge in [-0.1, -0.05) is 13.8 Å². The molecule has 3 aromatic rings. The number of hydrogen-bond acceptors (Lipinski definition) is 4. The molecule has 0 amide bonds. The molecule has 0 saturated carbocycles. The number of imidazole rings is 1. The molecule has 0 spiro atoms. The molecule has 2 heterocycles. The molecule has 5 nitrogen and oxygen atoms in total. The summed E-state index contributed by atoms with van der Waals surface area (Å²) < 4.78 is 7.40. The number of carboxylic acid groups (broad SMARTS) is 1. The van der Waals surface area contributed by atoms with E-state index in [2.05, 4.69) is 24.9 Å². The molecule has 0 atom stereocenters. The Kier molecular flexibility index (Phi) is 4.32. The molecule has 0 aliphatic heterocycles. The van der Waals surface area contributed by atoms with E-state index in [1.54, 1.807) is 7.11 Å². The van der Waals surface area contributed by atoms with Crippen LogP contribution in [-0.2, 0) is 11.2 Å². The summed E-state index contributed by atoms with van der Waals surface area (Å²) in [6, 6.07) is 4.19. The van der Waals surface area contributed by atoms with Crippen molar-refractivity contribution < 1.29 is 14.6 Å². The van der Waals surface area contributed by atoms with Crippen molar-refractivity contribution in [2.75, 3.05) is 7.11 Å². The number of benzene rings is 1. The number of aromatic nitrogens is 2. The van der Waals surface area contributed by atoms with Crippen molar-refractivity contribution in [2.24, 2.45) is 0 Å². The van der Waals surface area contributed by atoms with E-state index in [-0.39, 0.29) is 6.42 Å². The van der Waals surface area contributed by atoms with Crippen molar-refractivity contribution in [2.45, 2.75) is 33.1 Å². The minimum Gasteiger partial charge on any atom is -0.496 e. The van der Waals surface area contributed by atoms with Crippen LogP contribution >= 0.6 is 11.3 Å². The molecule has 24 heavy (non-hydrogen) atoms. The molecule has 0 saturated heterocycles. The lowest BCUT2D eigenvalue weighted by atomic mass is 9.95. The zero-order valence-electron chi connectivity index (χ0n) is 14.2. The van der Waals surface area contributed by atoms with Crippen LogP contribution in [0.1, 0.15) is 35.8 Å². The molecule has 0 bridgehead atoms. The predicted molar refractivity (Wildman–Crippen MR) is 95.2 cm³/mol. The number of aryl methyl sites for hydroxylation is 1. The van der Waals surface area contributed by atoms with Gasteiger partial charge in [-0.2, -0.15) is 0 Å². The van der Waals surface area contributed by atoms with E-state index >= 15 is 0 Å². The summed E-state index contributed by atoms with van der Waals surface area (Å²) in [7, 11) is 1.69. The van der Waals surface area contributed by atoms with E-state index in [0.717, 1.165) is 38.0 Å². The molecule has 0 aliphatic rings. The number of nitrogens with zero attached hydrogens (tertiary/aromatic N) is 2. The molecular weight excluding hydrogens is 324 g/mol. The van der Waals surface area contributed by atoms with Gasteiger partial charge in [0.25, 0.3) is 0 Å². The van der Waals surface area contributed by atoms with Crippen LogP contribution in [0.25, 0.3) is 16.2 Å². The SMILES string of the molecule is COc1cc(C)c(-c2cn3cc(CC(=O)O)sc3n2)cc1C(C)C. The lowest BCUT2D eigenvalue weighted by molar-refractivity contribution is -0.136. The summed E-state index contributed by atoms with van der Waals surface area (Å²) in [5.41, 5.74) is 4.23. The number of aliphatic carboxylic acids is 1. The van der Waals surface area contributed by atoms with Crippen LogP contribution in [0.5, 0.6) is 5.75 Å². The highest BCUT2D eigenvalue weighted by molar-refractivity contribution is 7.17. The Hall–Kier alpha value is -2.34. The Balaban J connectivity index is 2.05. The zero-order chi connectivity index (χ0) is 17.4. The number of methoxy groups -OCH3 is 1. The predicted octanol–water partition coefficient (Wildman–Crippen LogP) is 4.13. The molecule has 0 unspecified atom stereocenters. The van der Waals surface area contributed by atoms with Crippen LogP contribution in [0.2, 0.25) is 0 Å². The van der Waals surface area contributed by atoms with Gasteiger partial charge in [0.1, 0.15) is 5.75 Å². The van der Waals surface area contributed by atoms with Gasteiger partial charge in [0.15, 0.2) is 4.96 Å². The van der Waals surface area contributed by atoms with Crippen LogP contribution in [0, 0.1) is 6.92 Å². The van der Waals surface area contributed by atoms with Crippen LogP contribution in [0.4, 0.5) is 0 Å². The average molecular weight is 344 g/mol. The second-order valence-electron chi connectivity index (χ2n) is 6.15. The monoisotopic (exact) mass is 344 g/mol. The van der Waals surface area contributed by atoms with Crippen molar-refractivity contribution in [1.29, 1.82) is 0 Å². The molecule has 0 fully saturated rings. The number of rotatable bonds is 5. The maximum atomic E-state index is 10.8. The van der Waals surface area contributed by atoms with E-state index in [9.17, 15) is 4.79 Å². The van der Waals surface area contributed by atoms with Crippen molar-refractivity contribution in [3.63, 3.8) is 0 Å². The summed E-state index contributed by atoms with van der Waals surface area (Å²) in [5.74, 6) is 0.425. The number of hydrogen-bond donors (Lipinski definition) is 1. The number of carbonyl (C=O) groups is 1. The third kappa shape index (κ3) is 3.01. The molecule has 3 rings (SSSR count). The molecule has 6 heteroatoms. The van der Waals surface area contributed by atoms with Gasteiger partial charge in [-0.05, 0) is 36.1 Å². The largest absolute Gasteiger partial charge is 0.496 e. The summed E-state index contributed by atoms with van der Waals surface area (Å²) in [6.45, 7) is 6.33. The normalized spacial score (nSPS) is 11.4. The van der Waals surface area contributed by atoms with Gasteiger partial charge in [-0.15, -0.1) is 11.3 Å². The first-order chi connectivity index (χ1) is 11.4. The maximum Gasteiger partial charge on any atom is 0.308 e. The smallest absolute Gasteiger partial charge is 0.308 e. The van der Waals surface area contributed by atoms with Gasteiger partial charge in [-0.3, -0.25) is 9.20 Å². The third-order valence-electron chi connectivity index (χ3n) is 4.00. The van der Waals surface area contributed by atoms with Crippen LogP contribution in [-0.4, -0.2) is 27.6 Å². The van der Waals surface area contributed by atoms with Crippen molar-refractivity contribution in [3.05, 3.63) is 40.5 Å². The number of thiazole rings is 1. The first-order valence-corrected chi connectivity index (χ1v) is 8.58. The summed E-state index contributed by atoms with van der Waals surface area (Å²) >= 11 is 1.41. The molecule has 0 aliphatic carbocycles. The molecule has 2 aromatic heterocycles. The summed E-state index contributed by atoms with van der Waals surface area (Å²) in [4.78, 5) is 17.1. The fourth-order valence-electron chi connectivity index (χ4n) is 2.81. The van der Waals surface area contributed by atoms with E-state index in [1.807, 2.05) is 29.8 Å². The first kappa shape index (κ1) is 16.5. The highest BCUT2D eigenvalue weighted by Crippen LogP contribution is 2.34. The van der Waals surface area contributed by atoms with Gasteiger partial charge in [0.05, 0.1) is 19.2 Å². The van der Waals surface area contributed by atoms with Crippen molar-refractivity contribution in [1.82, 2.24) is 9.38 Å². The highest BCUT2D eigenvalue weighted by Gasteiger charge is 2.16. The fraction of sp³-hybridized carbons (Fsp3) is 0.333. The van der Waals surface area contributed by atoms with Crippen LogP contribution < -0.4 is 4.74 Å². The molecule has 1 N–H and O–H groups in total.